The third-order valence-electron chi connectivity index (χ3n) is 4.44. The minimum absolute atomic E-state index is 0.0197. The molecule has 0 amide bonds. The Kier molecular flexibility index (Phi) is 3.21. The van der Waals surface area contributed by atoms with E-state index in [-0.39, 0.29) is 5.92 Å². The van der Waals surface area contributed by atoms with Crippen molar-refractivity contribution in [3.8, 4) is 0 Å². The molecule has 1 saturated carbocycles. The van der Waals surface area contributed by atoms with Gasteiger partial charge < -0.3 is 10.2 Å². The zero-order valence-electron chi connectivity index (χ0n) is 11.1. The number of hydrogen-bond donors (Lipinski definition) is 2. The first-order valence-electron chi connectivity index (χ1n) is 6.63. The minimum atomic E-state index is -0.857. The van der Waals surface area contributed by atoms with Crippen LogP contribution < -0.4 is 0 Å². The highest BCUT2D eigenvalue weighted by Gasteiger charge is 2.46. The molecule has 0 aromatic rings. The highest BCUT2D eigenvalue weighted by atomic mass is 16.3. The van der Waals surface area contributed by atoms with Crippen LogP contribution in [0.3, 0.4) is 0 Å². The minimum Gasteiger partial charge on any atom is -0.392 e. The highest BCUT2D eigenvalue weighted by Crippen LogP contribution is 2.47. The molecule has 4 atom stereocenters. The SMILES string of the molecule is C=C1CCC(C(C)C)C=C2C1C(O)CC2(C)O. The number of fused-ring (bicyclic) bond motifs is 1. The number of rotatable bonds is 1. The summed E-state index contributed by atoms with van der Waals surface area (Å²) in [6, 6.07) is 0. The van der Waals surface area contributed by atoms with E-state index in [2.05, 4.69) is 26.5 Å². The molecule has 0 aliphatic heterocycles. The van der Waals surface area contributed by atoms with Crippen molar-refractivity contribution < 1.29 is 10.2 Å². The highest BCUT2D eigenvalue weighted by molar-refractivity contribution is 5.35. The maximum absolute atomic E-state index is 10.4. The maximum Gasteiger partial charge on any atom is 0.0860 e. The van der Waals surface area contributed by atoms with Crippen LogP contribution in [0.4, 0.5) is 0 Å². The summed E-state index contributed by atoms with van der Waals surface area (Å²) in [6.45, 7) is 10.4. The Morgan fingerprint density at radius 3 is 2.71 bits per heavy atom. The summed E-state index contributed by atoms with van der Waals surface area (Å²) in [6.07, 6.45) is 4.23. The quantitative estimate of drug-likeness (QED) is 0.687. The van der Waals surface area contributed by atoms with Gasteiger partial charge in [0.25, 0.3) is 0 Å². The molecule has 0 bridgehead atoms. The summed E-state index contributed by atoms with van der Waals surface area (Å²) in [7, 11) is 0. The van der Waals surface area contributed by atoms with E-state index in [4.69, 9.17) is 0 Å². The lowest BCUT2D eigenvalue weighted by atomic mass is 9.87. The lowest BCUT2D eigenvalue weighted by molar-refractivity contribution is 0.0692. The van der Waals surface area contributed by atoms with Gasteiger partial charge in [0.1, 0.15) is 0 Å². The van der Waals surface area contributed by atoms with E-state index < -0.39 is 11.7 Å². The molecule has 0 aromatic heterocycles. The standard InChI is InChI=1S/C15H24O2/c1-9(2)11-6-5-10(3)14-12(7-11)15(4,17)8-13(14)16/h7,9,11,13-14,16-17H,3,5-6,8H2,1-2,4H3. The van der Waals surface area contributed by atoms with Gasteiger partial charge in [0.05, 0.1) is 11.7 Å². The summed E-state index contributed by atoms with van der Waals surface area (Å²) in [5.41, 5.74) is 1.24. The van der Waals surface area contributed by atoms with E-state index in [9.17, 15) is 10.2 Å². The summed E-state index contributed by atoms with van der Waals surface area (Å²) in [5.74, 6) is 1.04. The molecule has 0 heterocycles. The molecule has 2 rings (SSSR count). The average Bonchev–Trinajstić information content (AvgIpc) is 2.34. The lowest BCUT2D eigenvalue weighted by Gasteiger charge is -2.23. The molecule has 2 nitrogen and oxygen atoms in total. The van der Waals surface area contributed by atoms with Gasteiger partial charge in [-0.2, -0.15) is 0 Å². The van der Waals surface area contributed by atoms with Crippen LogP contribution in [0.15, 0.2) is 23.8 Å². The normalized spacial score (nSPS) is 42.4. The number of allylic oxidation sites excluding steroid dienone is 1. The van der Waals surface area contributed by atoms with Crippen LogP contribution in [-0.4, -0.2) is 21.9 Å². The summed E-state index contributed by atoms with van der Waals surface area (Å²) in [5, 5.41) is 20.6. The Labute approximate surface area is 104 Å². The van der Waals surface area contributed by atoms with E-state index in [1.807, 2.05) is 6.92 Å². The van der Waals surface area contributed by atoms with Crippen molar-refractivity contribution >= 4 is 0 Å². The second kappa shape index (κ2) is 4.25. The van der Waals surface area contributed by atoms with Crippen molar-refractivity contribution in [2.75, 3.05) is 0 Å². The Morgan fingerprint density at radius 2 is 2.12 bits per heavy atom. The van der Waals surface area contributed by atoms with Gasteiger partial charge >= 0.3 is 0 Å². The van der Waals surface area contributed by atoms with Crippen molar-refractivity contribution in [1.29, 1.82) is 0 Å². The lowest BCUT2D eigenvalue weighted by Crippen LogP contribution is -2.23. The molecule has 96 valence electrons. The van der Waals surface area contributed by atoms with Crippen molar-refractivity contribution in [1.82, 2.24) is 0 Å². The van der Waals surface area contributed by atoms with Gasteiger partial charge in [0.15, 0.2) is 0 Å². The smallest absolute Gasteiger partial charge is 0.0860 e. The van der Waals surface area contributed by atoms with Crippen molar-refractivity contribution in [3.63, 3.8) is 0 Å². The number of aliphatic hydroxyl groups is 2. The second-order valence-corrected chi connectivity index (χ2v) is 6.25. The summed E-state index contributed by atoms with van der Waals surface area (Å²) in [4.78, 5) is 0. The van der Waals surface area contributed by atoms with Crippen LogP contribution >= 0.6 is 0 Å². The van der Waals surface area contributed by atoms with E-state index >= 15 is 0 Å². The van der Waals surface area contributed by atoms with E-state index in [1.165, 1.54) is 0 Å². The molecule has 0 radical (unpaired) electrons. The van der Waals surface area contributed by atoms with Gasteiger partial charge in [-0.1, -0.05) is 32.1 Å². The van der Waals surface area contributed by atoms with Crippen LogP contribution in [-0.2, 0) is 0 Å². The zero-order valence-corrected chi connectivity index (χ0v) is 11.1. The monoisotopic (exact) mass is 236 g/mol. The number of hydrogen-bond acceptors (Lipinski definition) is 2. The molecule has 0 aromatic carbocycles. The summed E-state index contributed by atoms with van der Waals surface area (Å²) < 4.78 is 0. The third-order valence-corrected chi connectivity index (χ3v) is 4.44. The third kappa shape index (κ3) is 2.21. The Balaban J connectivity index is 2.41. The molecule has 2 N–H and O–H groups in total. The van der Waals surface area contributed by atoms with Crippen molar-refractivity contribution in [3.05, 3.63) is 23.8 Å². The Hall–Kier alpha value is -0.600. The fourth-order valence-electron chi connectivity index (χ4n) is 3.31. The summed E-state index contributed by atoms with van der Waals surface area (Å²) >= 11 is 0. The Morgan fingerprint density at radius 1 is 1.47 bits per heavy atom. The van der Waals surface area contributed by atoms with Crippen LogP contribution in [0.5, 0.6) is 0 Å². The van der Waals surface area contributed by atoms with Gasteiger partial charge in [0.2, 0.25) is 0 Å². The Bertz CT molecular complexity index is 352. The van der Waals surface area contributed by atoms with Crippen LogP contribution in [0, 0.1) is 17.8 Å². The molecule has 0 spiro atoms. The van der Waals surface area contributed by atoms with E-state index in [1.54, 1.807) is 0 Å². The van der Waals surface area contributed by atoms with Crippen LogP contribution in [0.2, 0.25) is 0 Å². The molecule has 2 heteroatoms. The molecular formula is C15H24O2. The molecule has 0 saturated heterocycles. The van der Waals surface area contributed by atoms with E-state index in [0.29, 0.717) is 18.3 Å². The van der Waals surface area contributed by atoms with Gasteiger partial charge in [-0.3, -0.25) is 0 Å². The first-order valence-corrected chi connectivity index (χ1v) is 6.63. The molecule has 2 aliphatic carbocycles. The van der Waals surface area contributed by atoms with Gasteiger partial charge in [-0.25, -0.2) is 0 Å². The molecular weight excluding hydrogens is 212 g/mol. The second-order valence-electron chi connectivity index (χ2n) is 6.25. The van der Waals surface area contributed by atoms with Gasteiger partial charge in [-0.15, -0.1) is 0 Å². The molecule has 4 unspecified atom stereocenters. The van der Waals surface area contributed by atoms with Gasteiger partial charge in [-0.05, 0) is 37.2 Å². The first kappa shape index (κ1) is 12.8. The topological polar surface area (TPSA) is 40.5 Å². The van der Waals surface area contributed by atoms with Crippen molar-refractivity contribution in [2.45, 2.75) is 51.7 Å². The predicted octanol–water partition coefficient (Wildman–Crippen LogP) is 2.67. The molecule has 17 heavy (non-hydrogen) atoms. The van der Waals surface area contributed by atoms with E-state index in [0.717, 1.165) is 24.0 Å². The van der Waals surface area contributed by atoms with Crippen LogP contribution in [0.1, 0.15) is 40.0 Å². The largest absolute Gasteiger partial charge is 0.392 e. The zero-order chi connectivity index (χ0) is 12.8. The first-order chi connectivity index (χ1) is 7.83. The fourth-order valence-corrected chi connectivity index (χ4v) is 3.31. The molecule has 2 aliphatic rings. The van der Waals surface area contributed by atoms with Crippen LogP contribution in [0.25, 0.3) is 0 Å². The maximum atomic E-state index is 10.4. The average molecular weight is 236 g/mol. The van der Waals surface area contributed by atoms with Crippen molar-refractivity contribution in [2.24, 2.45) is 17.8 Å². The fraction of sp³-hybridized carbons (Fsp3) is 0.733. The predicted molar refractivity (Wildman–Crippen MR) is 69.5 cm³/mol. The molecule has 1 fully saturated rings. The van der Waals surface area contributed by atoms with Gasteiger partial charge in [0, 0.05) is 12.3 Å². The number of aliphatic hydroxyl groups excluding tert-OH is 1.